The van der Waals surface area contributed by atoms with E-state index in [1.54, 1.807) is 13.2 Å². The molecule has 1 N–H and O–H groups in total. The van der Waals surface area contributed by atoms with Crippen LogP contribution in [0.2, 0.25) is 0 Å². The van der Waals surface area contributed by atoms with Gasteiger partial charge >= 0.3 is 0 Å². The van der Waals surface area contributed by atoms with Gasteiger partial charge in [0.2, 0.25) is 0 Å². The number of nitrogens with zero attached hydrogens (tertiary/aromatic N) is 4. The molecule has 0 radical (unpaired) electrons. The van der Waals surface area contributed by atoms with Gasteiger partial charge in [-0.3, -0.25) is 10.00 Å². The van der Waals surface area contributed by atoms with E-state index in [-0.39, 0.29) is 11.9 Å². The number of hydrogen-bond acceptors (Lipinski definition) is 5. The Bertz CT molecular complexity index is 739. The molecule has 1 fully saturated rings. The van der Waals surface area contributed by atoms with E-state index in [2.05, 4.69) is 26.2 Å². The van der Waals surface area contributed by atoms with Crippen molar-refractivity contribution in [3.63, 3.8) is 0 Å². The van der Waals surface area contributed by atoms with Gasteiger partial charge < -0.3 is 4.74 Å². The fourth-order valence-corrected chi connectivity index (χ4v) is 3.12. The number of aromatic amines is 1. The van der Waals surface area contributed by atoms with E-state index >= 15 is 0 Å². The molecule has 0 spiro atoms. The molecule has 1 unspecified atom stereocenters. The Morgan fingerprint density at radius 3 is 3.12 bits per heavy atom. The van der Waals surface area contributed by atoms with Crippen LogP contribution in [0, 0.1) is 17.1 Å². The van der Waals surface area contributed by atoms with E-state index in [9.17, 15) is 4.39 Å². The summed E-state index contributed by atoms with van der Waals surface area (Å²) >= 11 is 0. The molecule has 0 bridgehead atoms. The molecular formula is C17H20FN5O. The highest BCUT2D eigenvalue weighted by Crippen LogP contribution is 2.30. The molecule has 1 saturated heterocycles. The van der Waals surface area contributed by atoms with Gasteiger partial charge in [0.1, 0.15) is 12.4 Å². The number of piperidine rings is 1. The predicted octanol–water partition coefficient (Wildman–Crippen LogP) is 2.69. The Labute approximate surface area is 140 Å². The molecule has 0 saturated carbocycles. The Morgan fingerprint density at radius 2 is 2.33 bits per heavy atom. The molecule has 1 aliphatic heterocycles. The molecule has 2 heterocycles. The lowest BCUT2D eigenvalue weighted by Gasteiger charge is -2.34. The normalized spacial score (nSPS) is 18.5. The maximum Gasteiger partial charge on any atom is 0.167 e. The molecule has 0 amide bonds. The van der Waals surface area contributed by atoms with Crippen LogP contribution in [0.1, 0.15) is 48.1 Å². The Hall–Kier alpha value is -2.30. The minimum Gasteiger partial charge on any atom is -0.377 e. The number of aromatic nitrogens is 3. The van der Waals surface area contributed by atoms with E-state index in [1.165, 1.54) is 12.1 Å². The van der Waals surface area contributed by atoms with Crippen molar-refractivity contribution in [2.75, 3.05) is 13.7 Å². The molecule has 7 heteroatoms. The average molecular weight is 329 g/mol. The van der Waals surface area contributed by atoms with Crippen molar-refractivity contribution in [2.24, 2.45) is 0 Å². The van der Waals surface area contributed by atoms with Crippen molar-refractivity contribution < 1.29 is 9.13 Å². The molecule has 126 valence electrons. The van der Waals surface area contributed by atoms with Crippen LogP contribution in [0.15, 0.2) is 18.2 Å². The van der Waals surface area contributed by atoms with Crippen molar-refractivity contribution in [3.05, 3.63) is 46.8 Å². The number of nitrogens with one attached hydrogen (secondary N) is 1. The van der Waals surface area contributed by atoms with Crippen LogP contribution >= 0.6 is 0 Å². The van der Waals surface area contributed by atoms with Crippen molar-refractivity contribution >= 4 is 0 Å². The van der Waals surface area contributed by atoms with E-state index < -0.39 is 0 Å². The summed E-state index contributed by atoms with van der Waals surface area (Å²) in [7, 11) is 1.61. The van der Waals surface area contributed by atoms with Gasteiger partial charge in [-0.2, -0.15) is 10.4 Å². The van der Waals surface area contributed by atoms with Gasteiger partial charge in [-0.15, -0.1) is 0 Å². The molecule has 24 heavy (non-hydrogen) atoms. The first-order valence-corrected chi connectivity index (χ1v) is 8.04. The molecular weight excluding hydrogens is 309 g/mol. The fourth-order valence-electron chi connectivity index (χ4n) is 3.12. The van der Waals surface area contributed by atoms with Crippen LogP contribution < -0.4 is 0 Å². The first-order chi connectivity index (χ1) is 11.7. The Balaban J connectivity index is 1.81. The number of halogens is 1. The van der Waals surface area contributed by atoms with Crippen LogP contribution in [0.25, 0.3) is 0 Å². The third-order valence-corrected chi connectivity index (χ3v) is 4.29. The lowest BCUT2D eigenvalue weighted by atomic mass is 10.00. The maximum atomic E-state index is 14.1. The first kappa shape index (κ1) is 16.6. The van der Waals surface area contributed by atoms with E-state index in [0.29, 0.717) is 30.1 Å². The molecule has 0 aliphatic carbocycles. The summed E-state index contributed by atoms with van der Waals surface area (Å²) in [5.74, 6) is 1.13. The second kappa shape index (κ2) is 7.51. The van der Waals surface area contributed by atoms with E-state index in [1.807, 2.05) is 0 Å². The van der Waals surface area contributed by atoms with E-state index in [0.717, 1.165) is 31.6 Å². The zero-order valence-corrected chi connectivity index (χ0v) is 13.6. The molecule has 1 aromatic carbocycles. The molecule has 3 rings (SSSR count). The van der Waals surface area contributed by atoms with Gasteiger partial charge in [-0.05, 0) is 37.6 Å². The summed E-state index contributed by atoms with van der Waals surface area (Å²) < 4.78 is 19.2. The topological polar surface area (TPSA) is 77.8 Å². The lowest BCUT2D eigenvalue weighted by molar-refractivity contribution is 0.132. The lowest BCUT2D eigenvalue weighted by Crippen LogP contribution is -2.34. The van der Waals surface area contributed by atoms with Crippen LogP contribution in [-0.2, 0) is 17.9 Å². The van der Waals surface area contributed by atoms with E-state index in [4.69, 9.17) is 10.00 Å². The highest BCUT2D eigenvalue weighted by Gasteiger charge is 2.28. The molecule has 1 aromatic heterocycles. The van der Waals surface area contributed by atoms with Crippen molar-refractivity contribution in [3.8, 4) is 6.07 Å². The van der Waals surface area contributed by atoms with Gasteiger partial charge in [0, 0.05) is 19.2 Å². The van der Waals surface area contributed by atoms with Gasteiger partial charge in [0.15, 0.2) is 11.6 Å². The number of benzene rings is 1. The zero-order valence-electron chi connectivity index (χ0n) is 13.6. The summed E-state index contributed by atoms with van der Waals surface area (Å²) in [6.45, 7) is 1.69. The summed E-state index contributed by atoms with van der Waals surface area (Å²) in [5, 5.41) is 16.2. The highest BCUT2D eigenvalue weighted by atomic mass is 19.1. The minimum absolute atomic E-state index is 0.0470. The number of ether oxygens (including phenoxy) is 1. The standard InChI is InChI=1S/C17H20FN5O/c1-24-11-16-20-17(22-21-16)15-4-2-3-7-23(15)10-13-8-12(9-19)5-6-14(13)18/h5-6,8,15H,2-4,7,10-11H2,1H3,(H,20,21,22). The summed E-state index contributed by atoms with van der Waals surface area (Å²) in [6, 6.07) is 6.59. The number of nitriles is 1. The average Bonchev–Trinajstić information content (AvgIpc) is 3.06. The molecule has 1 aliphatic rings. The highest BCUT2D eigenvalue weighted by molar-refractivity contribution is 5.33. The van der Waals surface area contributed by atoms with Crippen LogP contribution in [-0.4, -0.2) is 33.7 Å². The fraction of sp³-hybridized carbons (Fsp3) is 0.471. The van der Waals surface area contributed by atoms with Gasteiger partial charge in [0.05, 0.1) is 17.7 Å². The smallest absolute Gasteiger partial charge is 0.167 e. The second-order valence-corrected chi connectivity index (χ2v) is 5.97. The number of H-pyrrole nitrogens is 1. The summed E-state index contributed by atoms with van der Waals surface area (Å²) in [4.78, 5) is 6.68. The minimum atomic E-state index is -0.284. The second-order valence-electron chi connectivity index (χ2n) is 5.97. The quantitative estimate of drug-likeness (QED) is 0.912. The van der Waals surface area contributed by atoms with Gasteiger partial charge in [0.25, 0.3) is 0 Å². The van der Waals surface area contributed by atoms with Crippen molar-refractivity contribution in [2.45, 2.75) is 38.5 Å². The summed E-state index contributed by atoms with van der Waals surface area (Å²) in [5.41, 5.74) is 1.01. The Kier molecular flexibility index (Phi) is 5.18. The Morgan fingerprint density at radius 1 is 1.46 bits per heavy atom. The zero-order chi connectivity index (χ0) is 16.9. The first-order valence-electron chi connectivity index (χ1n) is 8.04. The van der Waals surface area contributed by atoms with Crippen molar-refractivity contribution in [1.29, 1.82) is 5.26 Å². The molecule has 1 atom stereocenters. The molecule has 2 aromatic rings. The number of rotatable bonds is 5. The largest absolute Gasteiger partial charge is 0.377 e. The third kappa shape index (κ3) is 3.61. The van der Waals surface area contributed by atoms with Crippen LogP contribution in [0.5, 0.6) is 0 Å². The molecule has 6 nitrogen and oxygen atoms in total. The third-order valence-electron chi connectivity index (χ3n) is 4.29. The van der Waals surface area contributed by atoms with Crippen LogP contribution in [0.3, 0.4) is 0 Å². The maximum absolute atomic E-state index is 14.1. The van der Waals surface area contributed by atoms with Crippen molar-refractivity contribution in [1.82, 2.24) is 20.1 Å². The number of methoxy groups -OCH3 is 1. The number of hydrogen-bond donors (Lipinski definition) is 1. The SMILES string of the molecule is COCc1nc(C2CCCCN2Cc2cc(C#N)ccc2F)n[nH]1. The van der Waals surface area contributed by atoms with Crippen LogP contribution in [0.4, 0.5) is 4.39 Å². The predicted molar refractivity (Wildman–Crippen MR) is 85.2 cm³/mol. The number of likely N-dealkylation sites (tertiary alicyclic amines) is 1. The monoisotopic (exact) mass is 329 g/mol. The van der Waals surface area contributed by atoms with Gasteiger partial charge in [-0.1, -0.05) is 6.42 Å². The summed E-state index contributed by atoms with van der Waals surface area (Å²) in [6.07, 6.45) is 3.09. The van der Waals surface area contributed by atoms with Gasteiger partial charge in [-0.25, -0.2) is 9.37 Å².